The fourth-order valence-corrected chi connectivity index (χ4v) is 4.26. The van der Waals surface area contributed by atoms with Gasteiger partial charge in [-0.05, 0) is 56.2 Å². The van der Waals surface area contributed by atoms with Crippen LogP contribution < -0.4 is 4.74 Å². The third-order valence-electron chi connectivity index (χ3n) is 6.27. The second kappa shape index (κ2) is 10.5. The van der Waals surface area contributed by atoms with E-state index in [1.165, 1.54) is 48.5 Å². The number of likely N-dealkylation sites (tertiary alicyclic amines) is 1. The first-order chi connectivity index (χ1) is 17.6. The van der Waals surface area contributed by atoms with Gasteiger partial charge in [0.15, 0.2) is 12.4 Å². The number of rotatable bonds is 8. The minimum Gasteiger partial charge on any atom is -0.456 e. The molecule has 0 bridgehead atoms. The summed E-state index contributed by atoms with van der Waals surface area (Å²) < 4.78 is 10.2. The van der Waals surface area contributed by atoms with E-state index >= 15 is 0 Å². The number of carbonyl (C=O) groups is 5. The lowest BCUT2D eigenvalue weighted by Crippen LogP contribution is -2.37. The number of nitrogens with zero attached hydrogens (tertiary/aromatic N) is 2. The summed E-state index contributed by atoms with van der Waals surface area (Å²) in [5.41, 5.74) is 1.16. The Morgan fingerprint density at radius 1 is 0.973 bits per heavy atom. The van der Waals surface area contributed by atoms with E-state index in [2.05, 4.69) is 0 Å². The number of nitro benzene ring substituents is 1. The molecule has 37 heavy (non-hydrogen) atoms. The molecule has 1 saturated heterocycles. The molecule has 4 rings (SSSR count). The van der Waals surface area contributed by atoms with Crippen LogP contribution in [0, 0.1) is 22.0 Å². The topological polar surface area (TPSA) is 150 Å². The highest BCUT2D eigenvalue weighted by atomic mass is 16.6. The number of benzene rings is 2. The zero-order valence-corrected chi connectivity index (χ0v) is 19.7. The van der Waals surface area contributed by atoms with Crippen molar-refractivity contribution in [2.24, 2.45) is 11.8 Å². The van der Waals surface area contributed by atoms with Gasteiger partial charge in [-0.15, -0.1) is 0 Å². The lowest BCUT2D eigenvalue weighted by molar-refractivity contribution is -0.384. The molecular weight excluding hydrogens is 484 g/mol. The molecule has 0 saturated carbocycles. The number of nitro groups is 1. The summed E-state index contributed by atoms with van der Waals surface area (Å²) in [6.45, 7) is 0.755. The first kappa shape index (κ1) is 25.4. The van der Waals surface area contributed by atoms with Gasteiger partial charge in [0.2, 0.25) is 11.8 Å². The van der Waals surface area contributed by atoms with Crippen molar-refractivity contribution in [1.29, 1.82) is 0 Å². The highest BCUT2D eigenvalue weighted by Crippen LogP contribution is 2.37. The van der Waals surface area contributed by atoms with Crippen molar-refractivity contribution < 1.29 is 38.4 Å². The normalized spacial score (nSPS) is 18.6. The number of fused-ring (bicyclic) bond motifs is 1. The number of ether oxygens (including phenoxy) is 2. The van der Waals surface area contributed by atoms with Crippen LogP contribution in [0.3, 0.4) is 0 Å². The molecule has 1 fully saturated rings. The van der Waals surface area contributed by atoms with Crippen LogP contribution in [0.15, 0.2) is 60.2 Å². The molecule has 0 aromatic heterocycles. The maximum atomic E-state index is 12.6. The number of ketones is 1. The molecule has 2 aromatic carbocycles. The molecule has 0 N–H and O–H groups in total. The number of carbonyl (C=O) groups excluding carboxylic acids is 5. The lowest BCUT2D eigenvalue weighted by atomic mass is 9.82. The molecule has 2 atom stereocenters. The average Bonchev–Trinajstić information content (AvgIpc) is 3.11. The molecule has 11 heteroatoms. The fourth-order valence-electron chi connectivity index (χ4n) is 4.26. The molecule has 1 aliphatic heterocycles. The second-order valence-corrected chi connectivity index (χ2v) is 8.77. The van der Waals surface area contributed by atoms with Crippen molar-refractivity contribution in [3.8, 4) is 5.75 Å². The van der Waals surface area contributed by atoms with Crippen molar-refractivity contribution in [3.63, 3.8) is 0 Å². The van der Waals surface area contributed by atoms with Gasteiger partial charge in [-0.1, -0.05) is 11.6 Å². The molecule has 1 heterocycles. The van der Waals surface area contributed by atoms with Gasteiger partial charge in [-0.25, -0.2) is 4.79 Å². The number of amides is 2. The average molecular weight is 506 g/mol. The molecule has 0 spiro atoms. The Morgan fingerprint density at radius 3 is 2.24 bits per heavy atom. The van der Waals surface area contributed by atoms with E-state index in [9.17, 15) is 34.1 Å². The maximum absolute atomic E-state index is 12.6. The molecule has 1 aliphatic carbocycles. The summed E-state index contributed by atoms with van der Waals surface area (Å²) in [5, 5.41) is 10.7. The van der Waals surface area contributed by atoms with Gasteiger partial charge in [0.05, 0.1) is 22.3 Å². The van der Waals surface area contributed by atoms with Crippen LogP contribution >= 0.6 is 0 Å². The van der Waals surface area contributed by atoms with Crippen molar-refractivity contribution in [1.82, 2.24) is 4.90 Å². The molecule has 11 nitrogen and oxygen atoms in total. The zero-order chi connectivity index (χ0) is 26.7. The number of non-ortho nitro benzene ring substituents is 1. The molecule has 2 amide bonds. The van der Waals surface area contributed by atoms with Gasteiger partial charge >= 0.3 is 11.9 Å². The third-order valence-corrected chi connectivity index (χ3v) is 6.27. The van der Waals surface area contributed by atoms with E-state index in [0.717, 1.165) is 10.5 Å². The lowest BCUT2D eigenvalue weighted by Gasteiger charge is -2.19. The summed E-state index contributed by atoms with van der Waals surface area (Å²) in [7, 11) is 0. The van der Waals surface area contributed by atoms with Crippen LogP contribution in [0.4, 0.5) is 5.69 Å². The van der Waals surface area contributed by atoms with Crippen LogP contribution in [0.5, 0.6) is 5.75 Å². The summed E-state index contributed by atoms with van der Waals surface area (Å²) in [5.74, 6) is -3.72. The van der Waals surface area contributed by atoms with Crippen molar-refractivity contribution in [2.45, 2.75) is 19.8 Å². The number of hydrogen-bond donors (Lipinski definition) is 0. The van der Waals surface area contributed by atoms with Crippen LogP contribution in [0.1, 0.15) is 40.5 Å². The summed E-state index contributed by atoms with van der Waals surface area (Å²) in [6.07, 6.45) is 2.87. The van der Waals surface area contributed by atoms with Crippen molar-refractivity contribution in [2.75, 3.05) is 13.2 Å². The Labute approximate surface area is 210 Å². The van der Waals surface area contributed by atoms with Crippen LogP contribution in [-0.2, 0) is 19.1 Å². The van der Waals surface area contributed by atoms with E-state index < -0.39 is 59.4 Å². The van der Waals surface area contributed by atoms with E-state index in [1.54, 1.807) is 0 Å². The van der Waals surface area contributed by atoms with Gasteiger partial charge in [-0.2, -0.15) is 0 Å². The van der Waals surface area contributed by atoms with E-state index in [4.69, 9.17) is 9.47 Å². The third kappa shape index (κ3) is 5.61. The van der Waals surface area contributed by atoms with Crippen LogP contribution in [0.25, 0.3) is 0 Å². The molecule has 2 unspecified atom stereocenters. The first-order valence-corrected chi connectivity index (χ1v) is 11.4. The molecule has 2 aliphatic rings. The van der Waals surface area contributed by atoms with Crippen molar-refractivity contribution in [3.05, 3.63) is 81.4 Å². The number of Topliss-reactive ketones (excluding diaryl/α,β-unsaturated/α-hetero) is 1. The predicted molar refractivity (Wildman–Crippen MR) is 126 cm³/mol. The smallest absolute Gasteiger partial charge is 0.343 e. The largest absolute Gasteiger partial charge is 0.456 e. The predicted octanol–water partition coefficient (Wildman–Crippen LogP) is 2.88. The number of imide groups is 1. The summed E-state index contributed by atoms with van der Waals surface area (Å²) in [4.78, 5) is 73.0. The summed E-state index contributed by atoms with van der Waals surface area (Å²) >= 11 is 0. The van der Waals surface area contributed by atoms with Gasteiger partial charge in [-0.3, -0.25) is 34.2 Å². The first-order valence-electron chi connectivity index (χ1n) is 11.4. The molecule has 0 radical (unpaired) electrons. The Balaban J connectivity index is 1.27. The van der Waals surface area contributed by atoms with E-state index in [1.807, 2.05) is 13.0 Å². The SMILES string of the molecule is CC1=CCC2C(=O)N(CC(=O)OCC(=O)c3ccc(OC(=O)c4ccc([N+](=O)[O-])cc4)cc3)C(=O)C2C1. The number of esters is 2. The highest BCUT2D eigenvalue weighted by molar-refractivity contribution is 6.07. The standard InChI is InChI=1S/C26H22N2O9/c1-15-2-11-20-21(12-15)25(32)27(24(20)31)13-23(30)36-14-22(29)16-5-9-19(10-6-16)37-26(33)17-3-7-18(8-4-17)28(34)35/h2-10,20-21H,11-14H2,1H3. The minimum atomic E-state index is -0.868. The summed E-state index contributed by atoms with van der Waals surface area (Å²) in [6, 6.07) is 10.4. The van der Waals surface area contributed by atoms with Gasteiger partial charge < -0.3 is 9.47 Å². The molecular formula is C26H22N2O9. The zero-order valence-electron chi connectivity index (χ0n) is 19.7. The minimum absolute atomic E-state index is 0.110. The van der Waals surface area contributed by atoms with Crippen LogP contribution in [0.2, 0.25) is 0 Å². The van der Waals surface area contributed by atoms with Crippen LogP contribution in [-0.4, -0.2) is 52.5 Å². The van der Waals surface area contributed by atoms with Crippen molar-refractivity contribution >= 4 is 35.2 Å². The Kier molecular flexibility index (Phi) is 7.23. The van der Waals surface area contributed by atoms with Gasteiger partial charge in [0.1, 0.15) is 12.3 Å². The fraction of sp³-hybridized carbons (Fsp3) is 0.269. The molecule has 2 aromatic rings. The molecule has 190 valence electrons. The van der Waals surface area contributed by atoms with Gasteiger partial charge in [0, 0.05) is 17.7 Å². The number of allylic oxidation sites excluding steroid dienone is 2. The Bertz CT molecular complexity index is 1310. The van der Waals surface area contributed by atoms with Gasteiger partial charge in [0.25, 0.3) is 5.69 Å². The Hall–Kier alpha value is -4.67. The Morgan fingerprint density at radius 2 is 1.59 bits per heavy atom. The second-order valence-electron chi connectivity index (χ2n) is 8.77. The maximum Gasteiger partial charge on any atom is 0.343 e. The highest BCUT2D eigenvalue weighted by Gasteiger charge is 2.48. The van der Waals surface area contributed by atoms with E-state index in [-0.39, 0.29) is 22.6 Å². The number of hydrogen-bond acceptors (Lipinski definition) is 9. The monoisotopic (exact) mass is 506 g/mol. The quantitative estimate of drug-likeness (QED) is 0.100. The van der Waals surface area contributed by atoms with E-state index in [0.29, 0.717) is 12.8 Å².